The van der Waals surface area contributed by atoms with E-state index >= 15 is 0 Å². The maximum absolute atomic E-state index is 13.3. The van der Waals surface area contributed by atoms with Gasteiger partial charge < -0.3 is 10.1 Å². The number of benzene rings is 1. The zero-order valence-corrected chi connectivity index (χ0v) is 10.7. The number of methoxy groups -OCH3 is 1. The summed E-state index contributed by atoms with van der Waals surface area (Å²) in [5.74, 6) is 0.258. The van der Waals surface area contributed by atoms with Crippen LogP contribution in [0.3, 0.4) is 0 Å². The van der Waals surface area contributed by atoms with Gasteiger partial charge in [-0.05, 0) is 18.6 Å². The Kier molecular flexibility index (Phi) is 4.74. The second-order valence-corrected chi connectivity index (χ2v) is 6.02. The monoisotopic (exact) mass is 261 g/mol. The van der Waals surface area contributed by atoms with Gasteiger partial charge in [-0.1, -0.05) is 0 Å². The molecule has 1 aromatic rings. The quantitative estimate of drug-likeness (QED) is 0.792. The van der Waals surface area contributed by atoms with Crippen molar-refractivity contribution in [1.29, 1.82) is 0 Å². The van der Waals surface area contributed by atoms with E-state index in [1.807, 2.05) is 0 Å². The van der Waals surface area contributed by atoms with E-state index in [-0.39, 0.29) is 11.6 Å². The molecule has 0 unspecified atom stereocenters. The summed E-state index contributed by atoms with van der Waals surface area (Å²) < 4.78 is 40.1. The molecule has 0 saturated carbocycles. The SMILES string of the molecule is COc1ccc(F)c(NCCCS(C)(=O)=O)c1. The lowest BCUT2D eigenvalue weighted by molar-refractivity contribution is 0.414. The number of halogens is 1. The van der Waals surface area contributed by atoms with Gasteiger partial charge in [0.15, 0.2) is 0 Å². The minimum atomic E-state index is -2.96. The van der Waals surface area contributed by atoms with Gasteiger partial charge in [0.25, 0.3) is 0 Å². The number of hydrogen-bond donors (Lipinski definition) is 1. The maximum Gasteiger partial charge on any atom is 0.147 e. The molecule has 6 heteroatoms. The zero-order valence-electron chi connectivity index (χ0n) is 9.86. The summed E-state index contributed by atoms with van der Waals surface area (Å²) in [5, 5.41) is 2.84. The topological polar surface area (TPSA) is 55.4 Å². The molecule has 0 aliphatic rings. The molecule has 0 radical (unpaired) electrons. The van der Waals surface area contributed by atoms with Gasteiger partial charge in [-0.3, -0.25) is 0 Å². The molecular formula is C11H16FNO3S. The van der Waals surface area contributed by atoms with Crippen molar-refractivity contribution in [1.82, 2.24) is 0 Å². The molecule has 0 aromatic heterocycles. The minimum absolute atomic E-state index is 0.0889. The largest absolute Gasteiger partial charge is 0.497 e. The van der Waals surface area contributed by atoms with Crippen LogP contribution in [0, 0.1) is 5.82 Å². The summed E-state index contributed by atoms with van der Waals surface area (Å²) in [5.41, 5.74) is 0.317. The Balaban J connectivity index is 2.51. The molecule has 0 atom stereocenters. The highest BCUT2D eigenvalue weighted by atomic mass is 32.2. The Bertz CT molecular complexity index is 474. The van der Waals surface area contributed by atoms with E-state index in [1.54, 1.807) is 0 Å². The standard InChI is InChI=1S/C11H16FNO3S/c1-16-9-4-5-10(12)11(8-9)13-6-3-7-17(2,14)15/h4-5,8,13H,3,6-7H2,1-2H3. The van der Waals surface area contributed by atoms with Crippen molar-refractivity contribution in [2.24, 2.45) is 0 Å². The Labute approximate surface area is 101 Å². The van der Waals surface area contributed by atoms with E-state index in [1.165, 1.54) is 31.6 Å². The third kappa shape index (κ3) is 5.04. The Morgan fingerprint density at radius 3 is 2.71 bits per heavy atom. The molecule has 0 spiro atoms. The number of nitrogens with one attached hydrogen (secondary N) is 1. The average Bonchev–Trinajstić information content (AvgIpc) is 2.25. The zero-order chi connectivity index (χ0) is 12.9. The number of rotatable bonds is 6. The summed E-state index contributed by atoms with van der Waals surface area (Å²) in [6, 6.07) is 4.37. The lowest BCUT2D eigenvalue weighted by atomic mass is 10.3. The molecule has 17 heavy (non-hydrogen) atoms. The van der Waals surface area contributed by atoms with Crippen molar-refractivity contribution in [3.63, 3.8) is 0 Å². The first-order valence-corrected chi connectivity index (χ1v) is 7.23. The van der Waals surface area contributed by atoms with Gasteiger partial charge in [0.2, 0.25) is 0 Å². The van der Waals surface area contributed by atoms with E-state index in [0.29, 0.717) is 24.4 Å². The smallest absolute Gasteiger partial charge is 0.147 e. The van der Waals surface area contributed by atoms with Gasteiger partial charge in [-0.15, -0.1) is 0 Å². The van der Waals surface area contributed by atoms with Crippen LogP contribution in [-0.2, 0) is 9.84 Å². The molecule has 0 aliphatic carbocycles. The second-order valence-electron chi connectivity index (χ2n) is 3.76. The molecule has 1 N–H and O–H groups in total. The fourth-order valence-electron chi connectivity index (χ4n) is 1.32. The van der Waals surface area contributed by atoms with Gasteiger partial charge in [0.05, 0.1) is 18.6 Å². The highest BCUT2D eigenvalue weighted by Crippen LogP contribution is 2.20. The van der Waals surface area contributed by atoms with Gasteiger partial charge in [-0.25, -0.2) is 12.8 Å². The molecular weight excluding hydrogens is 245 g/mol. The second kappa shape index (κ2) is 5.86. The predicted molar refractivity (Wildman–Crippen MR) is 65.8 cm³/mol. The molecule has 0 amide bonds. The summed E-state index contributed by atoms with van der Waals surface area (Å²) in [4.78, 5) is 0. The van der Waals surface area contributed by atoms with Crippen LogP contribution in [0.4, 0.5) is 10.1 Å². The first-order chi connectivity index (χ1) is 7.92. The molecule has 1 aromatic carbocycles. The van der Waals surface area contributed by atoms with Crippen LogP contribution in [0.1, 0.15) is 6.42 Å². The number of anilines is 1. The van der Waals surface area contributed by atoms with Crippen molar-refractivity contribution in [3.8, 4) is 5.75 Å². The van der Waals surface area contributed by atoms with Crippen molar-refractivity contribution in [2.45, 2.75) is 6.42 Å². The number of hydrogen-bond acceptors (Lipinski definition) is 4. The van der Waals surface area contributed by atoms with Gasteiger partial charge in [0, 0.05) is 18.9 Å². The number of sulfone groups is 1. The summed E-state index contributed by atoms with van der Waals surface area (Å²) in [7, 11) is -1.46. The third-order valence-corrected chi connectivity index (χ3v) is 3.21. The lowest BCUT2D eigenvalue weighted by Crippen LogP contribution is -2.10. The van der Waals surface area contributed by atoms with E-state index < -0.39 is 9.84 Å². The van der Waals surface area contributed by atoms with Crippen LogP contribution in [0.15, 0.2) is 18.2 Å². The Hall–Kier alpha value is -1.30. The van der Waals surface area contributed by atoms with Crippen LogP contribution < -0.4 is 10.1 Å². The first-order valence-electron chi connectivity index (χ1n) is 5.17. The maximum atomic E-state index is 13.3. The third-order valence-electron chi connectivity index (χ3n) is 2.18. The van der Waals surface area contributed by atoms with Crippen molar-refractivity contribution >= 4 is 15.5 Å². The highest BCUT2D eigenvalue weighted by molar-refractivity contribution is 7.90. The molecule has 0 bridgehead atoms. The van der Waals surface area contributed by atoms with Crippen LogP contribution >= 0.6 is 0 Å². The van der Waals surface area contributed by atoms with Crippen molar-refractivity contribution in [2.75, 3.05) is 31.0 Å². The average molecular weight is 261 g/mol. The van der Waals surface area contributed by atoms with Crippen LogP contribution in [-0.4, -0.2) is 34.1 Å². The molecule has 4 nitrogen and oxygen atoms in total. The fourth-order valence-corrected chi connectivity index (χ4v) is 1.99. The molecule has 0 aliphatic heterocycles. The minimum Gasteiger partial charge on any atom is -0.497 e. The van der Waals surface area contributed by atoms with Crippen LogP contribution in [0.2, 0.25) is 0 Å². The predicted octanol–water partition coefficient (Wildman–Crippen LogP) is 1.68. The van der Waals surface area contributed by atoms with Crippen molar-refractivity contribution < 1.29 is 17.5 Å². The van der Waals surface area contributed by atoms with Crippen LogP contribution in [0.5, 0.6) is 5.75 Å². The summed E-state index contributed by atoms with van der Waals surface area (Å²) in [6.07, 6.45) is 1.62. The van der Waals surface area contributed by atoms with Gasteiger partial charge in [-0.2, -0.15) is 0 Å². The van der Waals surface area contributed by atoms with E-state index in [9.17, 15) is 12.8 Å². The summed E-state index contributed by atoms with van der Waals surface area (Å²) in [6.45, 7) is 0.400. The molecule has 96 valence electrons. The number of ether oxygens (including phenoxy) is 1. The molecule has 0 fully saturated rings. The Morgan fingerprint density at radius 2 is 2.12 bits per heavy atom. The lowest BCUT2D eigenvalue weighted by Gasteiger charge is -2.08. The van der Waals surface area contributed by atoms with Gasteiger partial charge in [0.1, 0.15) is 21.4 Å². The molecule has 1 rings (SSSR count). The van der Waals surface area contributed by atoms with Crippen molar-refractivity contribution in [3.05, 3.63) is 24.0 Å². The normalized spacial score (nSPS) is 11.2. The van der Waals surface area contributed by atoms with E-state index in [2.05, 4.69) is 5.32 Å². The Morgan fingerprint density at radius 1 is 1.41 bits per heavy atom. The highest BCUT2D eigenvalue weighted by Gasteiger charge is 2.05. The van der Waals surface area contributed by atoms with E-state index in [0.717, 1.165) is 0 Å². The van der Waals surface area contributed by atoms with E-state index in [4.69, 9.17) is 4.74 Å². The first kappa shape index (κ1) is 13.8. The fraction of sp³-hybridized carbons (Fsp3) is 0.455. The summed E-state index contributed by atoms with van der Waals surface area (Å²) >= 11 is 0. The molecule has 0 heterocycles. The van der Waals surface area contributed by atoms with Gasteiger partial charge >= 0.3 is 0 Å². The van der Waals surface area contributed by atoms with Crippen LogP contribution in [0.25, 0.3) is 0 Å². The molecule has 0 saturated heterocycles.